The summed E-state index contributed by atoms with van der Waals surface area (Å²) in [5.74, 6) is 0.0655. The second kappa shape index (κ2) is 9.24. The molecule has 1 fully saturated rings. The number of piperazine rings is 1. The minimum atomic E-state index is 0.0655. The summed E-state index contributed by atoms with van der Waals surface area (Å²) < 4.78 is 0. The van der Waals surface area contributed by atoms with Gasteiger partial charge in [-0.2, -0.15) is 0 Å². The summed E-state index contributed by atoms with van der Waals surface area (Å²) in [7, 11) is 0. The number of amides is 1. The molecular formula is C28H26ClN3O. The summed E-state index contributed by atoms with van der Waals surface area (Å²) in [5, 5.41) is 1.63. The monoisotopic (exact) mass is 455 g/mol. The van der Waals surface area contributed by atoms with E-state index in [1.54, 1.807) is 0 Å². The summed E-state index contributed by atoms with van der Waals surface area (Å²) in [5.41, 5.74) is 5.85. The van der Waals surface area contributed by atoms with E-state index in [0.29, 0.717) is 13.1 Å². The standard InChI is InChI=1S/C28H26ClN3O/c1-2-20-7-9-21(10-8-20)27-19-25(24-5-3-4-6-26(24)30-27)28(33)32-17-15-31(16-18-32)23-13-11-22(29)12-14-23/h3-14,19H,2,15-18H2,1H3. The van der Waals surface area contributed by atoms with Crippen LogP contribution in [0.5, 0.6) is 0 Å². The second-order valence-corrected chi connectivity index (χ2v) is 8.81. The minimum absolute atomic E-state index is 0.0655. The number of carbonyl (C=O) groups is 1. The van der Waals surface area contributed by atoms with Gasteiger partial charge in [0.05, 0.1) is 16.8 Å². The number of anilines is 1. The van der Waals surface area contributed by atoms with Crippen molar-refractivity contribution in [2.24, 2.45) is 0 Å². The summed E-state index contributed by atoms with van der Waals surface area (Å²) in [4.78, 5) is 22.8. The Hall–Kier alpha value is -3.37. The predicted octanol–water partition coefficient (Wildman–Crippen LogP) is 6.08. The number of carbonyl (C=O) groups excluding carboxylic acids is 1. The van der Waals surface area contributed by atoms with Gasteiger partial charge in [0.2, 0.25) is 0 Å². The van der Waals surface area contributed by atoms with Crippen LogP contribution in [-0.4, -0.2) is 42.0 Å². The lowest BCUT2D eigenvalue weighted by atomic mass is 10.0. The first-order valence-corrected chi connectivity index (χ1v) is 11.8. The van der Waals surface area contributed by atoms with Crippen LogP contribution in [0.15, 0.2) is 78.9 Å². The first-order valence-electron chi connectivity index (χ1n) is 11.4. The molecule has 166 valence electrons. The molecule has 1 amide bonds. The average molecular weight is 456 g/mol. The number of aryl methyl sites for hydroxylation is 1. The number of aromatic nitrogens is 1. The number of para-hydroxylation sites is 1. The Morgan fingerprint density at radius 1 is 0.909 bits per heavy atom. The van der Waals surface area contributed by atoms with E-state index in [4.69, 9.17) is 16.6 Å². The highest BCUT2D eigenvalue weighted by molar-refractivity contribution is 6.30. The Morgan fingerprint density at radius 2 is 1.61 bits per heavy atom. The van der Waals surface area contributed by atoms with Crippen LogP contribution in [0, 0.1) is 0 Å². The van der Waals surface area contributed by atoms with Crippen molar-refractivity contribution in [3.8, 4) is 11.3 Å². The fraction of sp³-hybridized carbons (Fsp3) is 0.214. The maximum absolute atomic E-state index is 13.6. The van der Waals surface area contributed by atoms with Crippen molar-refractivity contribution in [1.29, 1.82) is 0 Å². The average Bonchev–Trinajstić information content (AvgIpc) is 2.88. The molecule has 1 saturated heterocycles. The maximum atomic E-state index is 13.6. The van der Waals surface area contributed by atoms with Crippen molar-refractivity contribution in [2.45, 2.75) is 13.3 Å². The third kappa shape index (κ3) is 4.44. The Bertz CT molecular complexity index is 1280. The van der Waals surface area contributed by atoms with Gasteiger partial charge < -0.3 is 9.80 Å². The van der Waals surface area contributed by atoms with E-state index in [1.807, 2.05) is 59.5 Å². The summed E-state index contributed by atoms with van der Waals surface area (Å²) >= 11 is 6.03. The zero-order valence-corrected chi connectivity index (χ0v) is 19.4. The lowest BCUT2D eigenvalue weighted by Crippen LogP contribution is -2.48. The van der Waals surface area contributed by atoms with Crippen LogP contribution >= 0.6 is 11.6 Å². The quantitative estimate of drug-likeness (QED) is 0.374. The van der Waals surface area contributed by atoms with Crippen LogP contribution in [0.1, 0.15) is 22.8 Å². The molecule has 1 aromatic heterocycles. The number of benzene rings is 3. The number of nitrogens with zero attached hydrogens (tertiary/aromatic N) is 3. The minimum Gasteiger partial charge on any atom is -0.368 e. The lowest BCUT2D eigenvalue weighted by Gasteiger charge is -2.36. The van der Waals surface area contributed by atoms with Gasteiger partial charge in [0, 0.05) is 47.8 Å². The highest BCUT2D eigenvalue weighted by atomic mass is 35.5. The molecule has 2 heterocycles. The first kappa shape index (κ1) is 21.5. The predicted molar refractivity (Wildman–Crippen MR) is 136 cm³/mol. The van der Waals surface area contributed by atoms with E-state index in [2.05, 4.69) is 36.1 Å². The molecule has 33 heavy (non-hydrogen) atoms. The molecule has 1 aliphatic rings. The molecular weight excluding hydrogens is 430 g/mol. The van der Waals surface area contributed by atoms with E-state index in [-0.39, 0.29) is 5.91 Å². The van der Waals surface area contributed by atoms with Gasteiger partial charge in [-0.25, -0.2) is 4.98 Å². The van der Waals surface area contributed by atoms with Crippen molar-refractivity contribution in [3.63, 3.8) is 0 Å². The fourth-order valence-corrected chi connectivity index (χ4v) is 4.53. The van der Waals surface area contributed by atoms with E-state index < -0.39 is 0 Å². The van der Waals surface area contributed by atoms with Gasteiger partial charge >= 0.3 is 0 Å². The Morgan fingerprint density at radius 3 is 2.30 bits per heavy atom. The van der Waals surface area contributed by atoms with Crippen LogP contribution in [-0.2, 0) is 6.42 Å². The third-order valence-electron chi connectivity index (χ3n) is 6.36. The number of pyridine rings is 1. The van der Waals surface area contributed by atoms with E-state index in [9.17, 15) is 4.79 Å². The molecule has 3 aromatic carbocycles. The molecule has 4 aromatic rings. The van der Waals surface area contributed by atoms with E-state index in [0.717, 1.165) is 57.9 Å². The van der Waals surface area contributed by atoms with Crippen molar-refractivity contribution >= 4 is 34.1 Å². The van der Waals surface area contributed by atoms with Crippen LogP contribution in [0.4, 0.5) is 5.69 Å². The molecule has 1 aliphatic heterocycles. The molecule has 0 bridgehead atoms. The molecule has 5 rings (SSSR count). The van der Waals surface area contributed by atoms with Crippen molar-refractivity contribution in [1.82, 2.24) is 9.88 Å². The van der Waals surface area contributed by atoms with Gasteiger partial charge in [-0.05, 0) is 48.4 Å². The summed E-state index contributed by atoms with van der Waals surface area (Å²) in [6, 6.07) is 26.2. The summed E-state index contributed by atoms with van der Waals surface area (Å²) in [6.45, 7) is 5.09. The Kier molecular flexibility index (Phi) is 6.01. The van der Waals surface area contributed by atoms with E-state index in [1.165, 1.54) is 5.56 Å². The molecule has 4 nitrogen and oxygen atoms in total. The maximum Gasteiger partial charge on any atom is 0.254 e. The van der Waals surface area contributed by atoms with Gasteiger partial charge in [-0.15, -0.1) is 0 Å². The van der Waals surface area contributed by atoms with Crippen LogP contribution < -0.4 is 4.90 Å². The van der Waals surface area contributed by atoms with Crippen LogP contribution in [0.25, 0.3) is 22.2 Å². The molecule has 0 unspecified atom stereocenters. The van der Waals surface area contributed by atoms with Crippen molar-refractivity contribution in [3.05, 3.63) is 95.0 Å². The number of halogens is 1. The highest BCUT2D eigenvalue weighted by Crippen LogP contribution is 2.27. The molecule has 0 radical (unpaired) electrons. The van der Waals surface area contributed by atoms with Crippen molar-refractivity contribution in [2.75, 3.05) is 31.1 Å². The molecule has 5 heteroatoms. The van der Waals surface area contributed by atoms with Crippen LogP contribution in [0.3, 0.4) is 0 Å². The molecule has 0 spiro atoms. The smallest absolute Gasteiger partial charge is 0.254 e. The normalized spacial score (nSPS) is 14.0. The number of hydrogen-bond acceptors (Lipinski definition) is 3. The Labute approximate surface area is 199 Å². The number of hydrogen-bond donors (Lipinski definition) is 0. The van der Waals surface area contributed by atoms with Crippen molar-refractivity contribution < 1.29 is 4.79 Å². The topological polar surface area (TPSA) is 36.4 Å². The van der Waals surface area contributed by atoms with Crippen LogP contribution in [0.2, 0.25) is 5.02 Å². The third-order valence-corrected chi connectivity index (χ3v) is 6.62. The zero-order chi connectivity index (χ0) is 22.8. The molecule has 0 aliphatic carbocycles. The number of rotatable bonds is 4. The van der Waals surface area contributed by atoms with E-state index >= 15 is 0 Å². The lowest BCUT2D eigenvalue weighted by molar-refractivity contribution is 0.0748. The highest BCUT2D eigenvalue weighted by Gasteiger charge is 2.24. The zero-order valence-electron chi connectivity index (χ0n) is 18.7. The molecule has 0 atom stereocenters. The van der Waals surface area contributed by atoms with Gasteiger partial charge in [-0.3, -0.25) is 4.79 Å². The second-order valence-electron chi connectivity index (χ2n) is 8.38. The van der Waals surface area contributed by atoms with Gasteiger partial charge in [0.1, 0.15) is 0 Å². The molecule has 0 N–H and O–H groups in total. The largest absolute Gasteiger partial charge is 0.368 e. The molecule has 0 saturated carbocycles. The first-order chi connectivity index (χ1) is 16.1. The van der Waals surface area contributed by atoms with Gasteiger partial charge in [0.15, 0.2) is 0 Å². The number of fused-ring (bicyclic) bond motifs is 1. The fourth-order valence-electron chi connectivity index (χ4n) is 4.40. The Balaban J connectivity index is 1.42. The van der Waals surface area contributed by atoms with Gasteiger partial charge in [-0.1, -0.05) is 61.0 Å². The summed E-state index contributed by atoms with van der Waals surface area (Å²) in [6.07, 6.45) is 0.997. The van der Waals surface area contributed by atoms with Gasteiger partial charge in [0.25, 0.3) is 5.91 Å². The SMILES string of the molecule is CCc1ccc(-c2cc(C(=O)N3CCN(c4ccc(Cl)cc4)CC3)c3ccccc3n2)cc1.